The third kappa shape index (κ3) is 10.5. The van der Waals surface area contributed by atoms with E-state index < -0.39 is 110 Å². The fourth-order valence-electron chi connectivity index (χ4n) is 9.26. The summed E-state index contributed by atoms with van der Waals surface area (Å²) in [6, 6.07) is 36.4. The number of benzene rings is 7. The van der Waals surface area contributed by atoms with Gasteiger partial charge in [0, 0.05) is 65.5 Å². The molecule has 0 aliphatic heterocycles. The summed E-state index contributed by atoms with van der Waals surface area (Å²) in [5, 5.41) is 13.4. The standard InChI is InChI=1S/C70H77N3O/c1-44-43-71-60(41-55(44)48-32-30-45(31-33-48)42-66(2,3)4)50-34-49(35-51(36-50)67(5,6)7)54-28-23-29-61-62(54)72-65(58-39-53(69(11,12)13)40-59(64(58)74)70(14,15)16)73(61)63-56(46-24-19-17-20-25-46)37-52(68(8,9)10)38-57(63)47-26-21-18-22-27-47/h17-41,43,74H,42H2,1-16H3/i1D3,11D3,12D3,13D3,14D3,15D3,16D3,32D,33D,42D2. The Morgan fingerprint density at radius 3 is 1.66 bits per heavy atom. The molecular formula is C70H77N3O. The zero-order chi connectivity index (χ0) is 74.3. The van der Waals surface area contributed by atoms with Crippen molar-refractivity contribution in [3.05, 3.63) is 191 Å². The molecule has 0 atom stereocenters. The Labute approximate surface area is 477 Å². The van der Waals surface area contributed by atoms with Crippen LogP contribution in [-0.2, 0) is 28.0 Å². The first kappa shape index (κ1) is 29.2. The fourth-order valence-corrected chi connectivity index (χ4v) is 9.26. The van der Waals surface area contributed by atoms with Crippen molar-refractivity contribution >= 4 is 11.0 Å². The number of aryl methyl sites for hydroxylation is 1. The molecule has 0 radical (unpaired) electrons. The van der Waals surface area contributed by atoms with Crippen LogP contribution in [-0.4, -0.2) is 19.6 Å². The molecule has 378 valence electrons. The largest absolute Gasteiger partial charge is 0.507 e. The molecule has 1 N–H and O–H groups in total. The normalized spacial score (nSPS) is 19.1. The minimum atomic E-state index is -4.25. The number of fused-ring (bicyclic) bond motifs is 1. The second kappa shape index (κ2) is 19.0. The number of nitrogens with zero attached hydrogens (tertiary/aromatic N) is 3. The Bertz CT molecular complexity index is 4410. The smallest absolute Gasteiger partial charge is 0.149 e. The van der Waals surface area contributed by atoms with E-state index in [0.29, 0.717) is 45.0 Å². The number of phenolic OH excluding ortho intramolecular Hbond substituents is 1. The van der Waals surface area contributed by atoms with Crippen LogP contribution in [0.3, 0.4) is 0 Å². The van der Waals surface area contributed by atoms with Crippen LogP contribution < -0.4 is 0 Å². The molecule has 2 aromatic heterocycles. The van der Waals surface area contributed by atoms with Crippen molar-refractivity contribution in [3.63, 3.8) is 0 Å². The van der Waals surface area contributed by atoms with Crippen LogP contribution in [0.15, 0.2) is 158 Å². The molecule has 74 heavy (non-hydrogen) atoms. The first-order valence-corrected chi connectivity index (χ1v) is 24.5. The van der Waals surface area contributed by atoms with E-state index in [1.54, 1.807) is 81.4 Å². The number of imidazole rings is 1. The molecule has 0 saturated carbocycles. The van der Waals surface area contributed by atoms with E-state index in [0.717, 1.165) is 11.8 Å². The maximum atomic E-state index is 13.4. The minimum absolute atomic E-state index is 0.0236. The zero-order valence-electron chi connectivity index (χ0n) is 68.1. The van der Waals surface area contributed by atoms with Crippen LogP contribution in [0.25, 0.3) is 83.9 Å². The molecule has 0 bridgehead atoms. The Balaban J connectivity index is 1.54. The zero-order valence-corrected chi connectivity index (χ0v) is 43.1. The molecule has 0 spiro atoms. The van der Waals surface area contributed by atoms with Gasteiger partial charge < -0.3 is 5.11 Å². The molecule has 0 unspecified atom stereocenters. The molecule has 7 aromatic carbocycles. The van der Waals surface area contributed by atoms with E-state index in [1.165, 1.54) is 22.8 Å². The van der Waals surface area contributed by atoms with Gasteiger partial charge in [-0.25, -0.2) is 4.98 Å². The van der Waals surface area contributed by atoms with Crippen molar-refractivity contribution in [3.8, 4) is 78.6 Å². The van der Waals surface area contributed by atoms with Gasteiger partial charge in [-0.3, -0.25) is 9.55 Å². The highest BCUT2D eigenvalue weighted by molar-refractivity contribution is 6.00. The monoisotopic (exact) mass is 1000 g/mol. The molecule has 4 nitrogen and oxygen atoms in total. The number of hydrogen-bond acceptors (Lipinski definition) is 3. The molecule has 2 heterocycles. The topological polar surface area (TPSA) is 50.9 Å². The van der Waals surface area contributed by atoms with Crippen LogP contribution in [0.1, 0.15) is 171 Å². The number of para-hydroxylation sites is 1. The summed E-state index contributed by atoms with van der Waals surface area (Å²) in [6.07, 6.45) is -0.880. The summed E-state index contributed by atoms with van der Waals surface area (Å²) in [5.41, 5.74) is -9.68. The first-order chi connectivity index (χ1) is 45.0. The molecule has 0 amide bonds. The highest BCUT2D eigenvalue weighted by atomic mass is 16.3. The summed E-state index contributed by atoms with van der Waals surface area (Å²) < 4.78 is 225. The Hall–Kier alpha value is -7.04. The van der Waals surface area contributed by atoms with Crippen LogP contribution in [0.5, 0.6) is 5.75 Å². The van der Waals surface area contributed by atoms with E-state index in [1.807, 2.05) is 90.1 Å². The number of aromatic hydroxyl groups is 1. The summed E-state index contributed by atoms with van der Waals surface area (Å²) in [7, 11) is 0. The summed E-state index contributed by atoms with van der Waals surface area (Å²) in [5.74, 6) is -1.97. The number of rotatable bonds is 8. The van der Waals surface area contributed by atoms with E-state index >= 15 is 0 Å². The van der Waals surface area contributed by atoms with E-state index in [4.69, 9.17) is 41.5 Å². The average molecular weight is 1000 g/mol. The van der Waals surface area contributed by atoms with Crippen LogP contribution in [0.2, 0.25) is 0 Å². The van der Waals surface area contributed by atoms with Crippen molar-refractivity contribution in [1.82, 2.24) is 14.5 Å². The minimum Gasteiger partial charge on any atom is -0.507 e. The van der Waals surface area contributed by atoms with Crippen molar-refractivity contribution in [2.45, 2.75) is 138 Å². The maximum Gasteiger partial charge on any atom is 0.149 e. The van der Waals surface area contributed by atoms with E-state index in [2.05, 4.69) is 0 Å². The second-order valence-corrected chi connectivity index (χ2v) is 22.2. The lowest BCUT2D eigenvalue weighted by molar-refractivity contribution is 0.411. The predicted molar refractivity (Wildman–Crippen MR) is 316 cm³/mol. The van der Waals surface area contributed by atoms with Crippen molar-refractivity contribution < 1.29 is 39.4 Å². The lowest BCUT2D eigenvalue weighted by atomic mass is 9.78. The van der Waals surface area contributed by atoms with Gasteiger partial charge in [0.2, 0.25) is 0 Å². The Morgan fingerprint density at radius 2 is 1.09 bits per heavy atom. The Morgan fingerprint density at radius 1 is 0.527 bits per heavy atom. The van der Waals surface area contributed by atoms with Crippen LogP contribution in [0.4, 0.5) is 0 Å². The SMILES string of the molecule is [2H]c1cc(C([2H])([2H])C(C)(C)C)cc([2H])c1-c1cc(-c2cc(-c3cccc4c3nc(-c3cc(C(C([2H])([2H])[2H])(C([2H])([2H])[2H])C([2H])([2H])[2H])cc(C(C([2H])([2H])[2H])(C([2H])([2H])[2H])C([2H])([2H])[2H])c3O)n4-c3c(-c4ccccc4)cc(C(C)(C)C)cc3-c3ccccc3)cc(C(C)(C)C)c2)ncc1C([2H])([2H])[2H]. The van der Waals surface area contributed by atoms with E-state index in [-0.39, 0.29) is 68.4 Å². The quantitative estimate of drug-likeness (QED) is 0.165. The van der Waals surface area contributed by atoms with E-state index in [9.17, 15) is 7.85 Å². The lowest BCUT2D eigenvalue weighted by Gasteiger charge is -2.28. The number of aromatic nitrogens is 3. The third-order valence-electron chi connectivity index (χ3n) is 13.1. The Kier molecular flexibility index (Phi) is 7.50. The molecule has 0 fully saturated rings. The van der Waals surface area contributed by atoms with Gasteiger partial charge in [0.15, 0.2) is 0 Å². The molecule has 0 saturated heterocycles. The van der Waals surface area contributed by atoms with Crippen molar-refractivity contribution in [2.24, 2.45) is 5.41 Å². The van der Waals surface area contributed by atoms with Gasteiger partial charge in [-0.2, -0.15) is 0 Å². The van der Waals surface area contributed by atoms with Crippen LogP contribution in [0, 0.1) is 12.3 Å². The summed E-state index contributed by atoms with van der Waals surface area (Å²) in [4.78, 5) is 10.0. The predicted octanol–water partition coefficient (Wildman–Crippen LogP) is 19.2. The van der Waals surface area contributed by atoms with Crippen LogP contribution >= 0.6 is 0 Å². The van der Waals surface area contributed by atoms with Gasteiger partial charge in [0.05, 0.1) is 30.7 Å². The summed E-state index contributed by atoms with van der Waals surface area (Å²) >= 11 is 0. The second-order valence-electron chi connectivity index (χ2n) is 22.2. The number of pyridine rings is 1. The third-order valence-corrected chi connectivity index (χ3v) is 13.1. The molecule has 0 aliphatic rings. The number of phenols is 1. The fraction of sp³-hybridized carbons (Fsp3) is 0.314. The van der Waals surface area contributed by atoms with Gasteiger partial charge in [-0.15, -0.1) is 0 Å². The highest BCUT2D eigenvalue weighted by Crippen LogP contribution is 2.48. The van der Waals surface area contributed by atoms with Gasteiger partial charge in [-0.1, -0.05) is 213 Å². The molecule has 0 aliphatic carbocycles. The average Bonchev–Trinajstić information content (AvgIpc) is 1.16. The molecular weight excluding hydrogens is 899 g/mol. The summed E-state index contributed by atoms with van der Waals surface area (Å²) in [6.45, 7) is -11.2. The molecule has 4 heteroatoms. The highest BCUT2D eigenvalue weighted by Gasteiger charge is 2.31. The maximum absolute atomic E-state index is 13.4. The van der Waals surface area contributed by atoms with Gasteiger partial charge in [0.1, 0.15) is 11.6 Å². The molecule has 9 rings (SSSR count). The van der Waals surface area contributed by atoms with Gasteiger partial charge in [-0.05, 0) is 138 Å². The molecule has 9 aromatic rings. The van der Waals surface area contributed by atoms with Crippen molar-refractivity contribution in [1.29, 1.82) is 0 Å². The first-order valence-electron chi connectivity index (χ1n) is 37.0. The number of hydrogen-bond donors (Lipinski definition) is 1. The van der Waals surface area contributed by atoms with Crippen molar-refractivity contribution in [2.75, 3.05) is 0 Å². The lowest BCUT2D eigenvalue weighted by Crippen LogP contribution is -2.17. The van der Waals surface area contributed by atoms with Gasteiger partial charge >= 0.3 is 0 Å². The van der Waals surface area contributed by atoms with Gasteiger partial charge in [0.25, 0.3) is 0 Å².